The third kappa shape index (κ3) is 2.81. The summed E-state index contributed by atoms with van der Waals surface area (Å²) >= 11 is 3.50. The van der Waals surface area contributed by atoms with Crippen LogP contribution in [0.5, 0.6) is 11.5 Å². The van der Waals surface area contributed by atoms with Gasteiger partial charge in [-0.3, -0.25) is 4.68 Å². The van der Waals surface area contributed by atoms with Crippen molar-refractivity contribution < 1.29 is 9.47 Å². The zero-order chi connectivity index (χ0) is 14.7. The van der Waals surface area contributed by atoms with Crippen LogP contribution in [-0.4, -0.2) is 24.0 Å². The number of ether oxygens (including phenoxy) is 2. The number of hydrogen-bond acceptors (Lipinski definition) is 4. The van der Waals surface area contributed by atoms with E-state index in [1.54, 1.807) is 20.4 Å². The molecule has 2 rings (SSSR count). The van der Waals surface area contributed by atoms with Crippen molar-refractivity contribution in [1.29, 1.82) is 0 Å². The predicted octanol–water partition coefficient (Wildman–Crippen LogP) is 2.73. The number of methoxy groups -OCH3 is 2. The average Bonchev–Trinajstić information content (AvgIpc) is 2.86. The second-order valence-corrected chi connectivity index (χ2v) is 5.17. The molecular weight excluding hydrogens is 322 g/mol. The molecule has 0 radical (unpaired) electrons. The van der Waals surface area contributed by atoms with Crippen LogP contribution in [0.3, 0.4) is 0 Å². The lowest BCUT2D eigenvalue weighted by Crippen LogP contribution is -2.18. The molecule has 0 saturated carbocycles. The Morgan fingerprint density at radius 1 is 1.25 bits per heavy atom. The van der Waals surface area contributed by atoms with E-state index in [2.05, 4.69) is 21.0 Å². The molecule has 1 aromatic heterocycles. The summed E-state index contributed by atoms with van der Waals surface area (Å²) in [4.78, 5) is 0. The number of nitrogens with two attached hydrogens (primary N) is 1. The van der Waals surface area contributed by atoms with Crippen LogP contribution in [-0.2, 0) is 6.54 Å². The topological polar surface area (TPSA) is 62.3 Å². The number of rotatable bonds is 5. The lowest BCUT2D eigenvalue weighted by Gasteiger charge is -2.16. The molecule has 108 valence electrons. The number of halogens is 1. The van der Waals surface area contributed by atoms with Crippen molar-refractivity contribution in [3.8, 4) is 11.5 Å². The van der Waals surface area contributed by atoms with Crippen LogP contribution < -0.4 is 15.2 Å². The number of nitrogens with zero attached hydrogens (tertiary/aromatic N) is 2. The fraction of sp³-hybridized carbons (Fsp3) is 0.357. The molecule has 1 aromatic carbocycles. The summed E-state index contributed by atoms with van der Waals surface area (Å²) in [5.41, 5.74) is 8.23. The van der Waals surface area contributed by atoms with Gasteiger partial charge in [-0.05, 0) is 40.5 Å². The Labute approximate surface area is 126 Å². The SMILES string of the molecule is CCn1ncc(Br)c1C(N)c1cc(OC)cc(OC)c1. The summed E-state index contributed by atoms with van der Waals surface area (Å²) in [5, 5.41) is 4.29. The molecule has 2 aromatic rings. The van der Waals surface area contributed by atoms with Gasteiger partial charge in [-0.2, -0.15) is 5.10 Å². The van der Waals surface area contributed by atoms with E-state index in [4.69, 9.17) is 15.2 Å². The van der Waals surface area contributed by atoms with Crippen LogP contribution in [0.1, 0.15) is 24.2 Å². The first-order valence-corrected chi connectivity index (χ1v) is 7.09. The van der Waals surface area contributed by atoms with E-state index < -0.39 is 0 Å². The molecule has 0 spiro atoms. The molecule has 1 heterocycles. The largest absolute Gasteiger partial charge is 0.497 e. The lowest BCUT2D eigenvalue weighted by molar-refractivity contribution is 0.393. The molecule has 2 N–H and O–H groups in total. The van der Waals surface area contributed by atoms with Crippen molar-refractivity contribution in [3.63, 3.8) is 0 Å². The van der Waals surface area contributed by atoms with E-state index in [9.17, 15) is 0 Å². The average molecular weight is 340 g/mol. The highest BCUT2D eigenvalue weighted by atomic mass is 79.9. The molecule has 0 aliphatic heterocycles. The van der Waals surface area contributed by atoms with E-state index >= 15 is 0 Å². The first kappa shape index (κ1) is 14.9. The van der Waals surface area contributed by atoms with Gasteiger partial charge in [0.2, 0.25) is 0 Å². The van der Waals surface area contributed by atoms with Crippen molar-refractivity contribution in [1.82, 2.24) is 9.78 Å². The van der Waals surface area contributed by atoms with Crippen molar-refractivity contribution in [3.05, 3.63) is 40.1 Å². The minimum absolute atomic E-state index is 0.309. The fourth-order valence-corrected chi connectivity index (χ4v) is 2.64. The maximum absolute atomic E-state index is 6.38. The van der Waals surface area contributed by atoms with Gasteiger partial charge in [-0.25, -0.2) is 0 Å². The summed E-state index contributed by atoms with van der Waals surface area (Å²) in [7, 11) is 3.24. The van der Waals surface area contributed by atoms with Gasteiger partial charge in [0, 0.05) is 12.6 Å². The number of aromatic nitrogens is 2. The lowest BCUT2D eigenvalue weighted by atomic mass is 10.0. The highest BCUT2D eigenvalue weighted by Crippen LogP contribution is 2.31. The molecule has 5 nitrogen and oxygen atoms in total. The van der Waals surface area contributed by atoms with Crippen LogP contribution in [0.4, 0.5) is 0 Å². The first-order valence-electron chi connectivity index (χ1n) is 6.30. The van der Waals surface area contributed by atoms with Crippen LogP contribution in [0.15, 0.2) is 28.9 Å². The van der Waals surface area contributed by atoms with Crippen molar-refractivity contribution in [2.75, 3.05) is 14.2 Å². The molecule has 0 amide bonds. The molecule has 1 unspecified atom stereocenters. The second-order valence-electron chi connectivity index (χ2n) is 4.32. The van der Waals surface area contributed by atoms with Gasteiger partial charge < -0.3 is 15.2 Å². The number of benzene rings is 1. The minimum Gasteiger partial charge on any atom is -0.497 e. The van der Waals surface area contributed by atoms with Crippen LogP contribution >= 0.6 is 15.9 Å². The van der Waals surface area contributed by atoms with E-state index in [1.165, 1.54) is 0 Å². The van der Waals surface area contributed by atoms with Gasteiger partial charge in [-0.15, -0.1) is 0 Å². The summed E-state index contributed by atoms with van der Waals surface area (Å²) < 4.78 is 13.3. The highest BCUT2D eigenvalue weighted by Gasteiger charge is 2.19. The summed E-state index contributed by atoms with van der Waals surface area (Å²) in [6.45, 7) is 2.79. The third-order valence-corrected chi connectivity index (χ3v) is 3.77. The molecule has 6 heteroatoms. The van der Waals surface area contributed by atoms with E-state index in [1.807, 2.05) is 29.8 Å². The molecule has 1 atom stereocenters. The number of hydrogen-bond donors (Lipinski definition) is 1. The Morgan fingerprint density at radius 2 is 1.85 bits per heavy atom. The summed E-state index contributed by atoms with van der Waals surface area (Å²) in [6.07, 6.45) is 1.76. The van der Waals surface area contributed by atoms with Gasteiger partial charge in [0.25, 0.3) is 0 Å². The fourth-order valence-electron chi connectivity index (χ4n) is 2.10. The second kappa shape index (κ2) is 6.28. The Morgan fingerprint density at radius 3 is 2.35 bits per heavy atom. The standard InChI is InChI=1S/C14H18BrN3O2/c1-4-18-14(12(15)8-17-18)13(16)9-5-10(19-2)7-11(6-9)20-3/h5-8,13H,4,16H2,1-3H3. The third-order valence-electron chi connectivity index (χ3n) is 3.16. The first-order chi connectivity index (χ1) is 9.60. The van der Waals surface area contributed by atoms with E-state index in [0.29, 0.717) is 11.5 Å². The molecule has 20 heavy (non-hydrogen) atoms. The van der Waals surface area contributed by atoms with Gasteiger partial charge >= 0.3 is 0 Å². The molecule has 0 aliphatic rings. The van der Waals surface area contributed by atoms with Crippen molar-refractivity contribution in [2.45, 2.75) is 19.5 Å². The van der Waals surface area contributed by atoms with Crippen LogP contribution in [0.2, 0.25) is 0 Å². The van der Waals surface area contributed by atoms with Crippen LogP contribution in [0.25, 0.3) is 0 Å². The smallest absolute Gasteiger partial charge is 0.122 e. The number of aryl methyl sites for hydroxylation is 1. The Balaban J connectivity index is 2.46. The molecule has 0 fully saturated rings. The Bertz CT molecular complexity index is 576. The zero-order valence-electron chi connectivity index (χ0n) is 11.8. The molecular formula is C14H18BrN3O2. The van der Waals surface area contributed by atoms with E-state index in [-0.39, 0.29) is 6.04 Å². The Hall–Kier alpha value is -1.53. The maximum Gasteiger partial charge on any atom is 0.122 e. The van der Waals surface area contributed by atoms with Gasteiger partial charge in [0.15, 0.2) is 0 Å². The normalized spacial score (nSPS) is 12.2. The molecule has 0 aliphatic carbocycles. The predicted molar refractivity (Wildman–Crippen MR) is 81.2 cm³/mol. The van der Waals surface area contributed by atoms with Gasteiger partial charge in [0.05, 0.1) is 36.6 Å². The van der Waals surface area contributed by atoms with Crippen LogP contribution in [0, 0.1) is 0 Å². The summed E-state index contributed by atoms with van der Waals surface area (Å²) in [5.74, 6) is 1.43. The molecule has 0 saturated heterocycles. The highest BCUT2D eigenvalue weighted by molar-refractivity contribution is 9.10. The zero-order valence-corrected chi connectivity index (χ0v) is 13.3. The quantitative estimate of drug-likeness (QED) is 0.909. The molecule has 0 bridgehead atoms. The summed E-state index contributed by atoms with van der Waals surface area (Å²) in [6, 6.07) is 5.33. The van der Waals surface area contributed by atoms with Gasteiger partial charge in [-0.1, -0.05) is 0 Å². The van der Waals surface area contributed by atoms with E-state index in [0.717, 1.165) is 22.3 Å². The maximum atomic E-state index is 6.38. The Kier molecular flexibility index (Phi) is 4.67. The van der Waals surface area contributed by atoms with Crippen molar-refractivity contribution >= 4 is 15.9 Å². The van der Waals surface area contributed by atoms with Gasteiger partial charge in [0.1, 0.15) is 11.5 Å². The monoisotopic (exact) mass is 339 g/mol. The van der Waals surface area contributed by atoms with Crippen molar-refractivity contribution in [2.24, 2.45) is 5.73 Å². The minimum atomic E-state index is -0.309.